The maximum absolute atomic E-state index is 6.00. The van der Waals surface area contributed by atoms with Gasteiger partial charge in [-0.1, -0.05) is 18.2 Å². The predicted octanol–water partition coefficient (Wildman–Crippen LogP) is 3.52. The molecule has 0 saturated heterocycles. The van der Waals surface area contributed by atoms with Gasteiger partial charge in [0.05, 0.1) is 16.6 Å². The molecule has 19 heavy (non-hydrogen) atoms. The second kappa shape index (κ2) is 3.65. The Balaban J connectivity index is 2.26. The average molecular weight is 245 g/mol. The van der Waals surface area contributed by atoms with Gasteiger partial charge in [-0.2, -0.15) is 0 Å². The third kappa shape index (κ3) is 1.45. The van der Waals surface area contributed by atoms with E-state index in [-0.39, 0.29) is 0 Å². The Bertz CT molecular complexity index is 929. The van der Waals surface area contributed by atoms with Gasteiger partial charge in [0, 0.05) is 28.0 Å². The zero-order chi connectivity index (χ0) is 12.8. The van der Waals surface area contributed by atoms with Gasteiger partial charge in [0.2, 0.25) is 0 Å². The maximum Gasteiger partial charge on any atom is 0.0816 e. The Hall–Kier alpha value is -2.68. The summed E-state index contributed by atoms with van der Waals surface area (Å²) in [4.78, 5) is 9.13. The number of benzene rings is 2. The number of hydrogen-bond acceptors (Lipinski definition) is 3. The van der Waals surface area contributed by atoms with Crippen LogP contribution < -0.4 is 5.73 Å². The third-order valence-corrected chi connectivity index (χ3v) is 3.44. The van der Waals surface area contributed by atoms with Crippen LogP contribution in [0.2, 0.25) is 0 Å². The van der Waals surface area contributed by atoms with Crippen LogP contribution in [0.1, 0.15) is 0 Å². The first kappa shape index (κ1) is 10.3. The molecule has 4 aromatic rings. The fraction of sp³-hybridized carbons (Fsp3) is 0. The van der Waals surface area contributed by atoms with Crippen molar-refractivity contribution in [3.05, 3.63) is 54.7 Å². The van der Waals surface area contributed by atoms with E-state index in [0.29, 0.717) is 0 Å². The number of rotatable bonds is 0. The van der Waals surface area contributed by atoms with Crippen molar-refractivity contribution in [1.82, 2.24) is 9.97 Å². The van der Waals surface area contributed by atoms with Gasteiger partial charge in [0.1, 0.15) is 0 Å². The number of hydrogen-bond donors (Lipinski definition) is 1. The molecule has 4 rings (SSSR count). The Morgan fingerprint density at radius 3 is 2.68 bits per heavy atom. The van der Waals surface area contributed by atoms with E-state index in [1.54, 1.807) is 6.20 Å². The predicted molar refractivity (Wildman–Crippen MR) is 79.0 cm³/mol. The average Bonchev–Trinajstić information content (AvgIpc) is 2.45. The molecule has 0 aliphatic rings. The molecule has 0 unspecified atom stereocenters. The van der Waals surface area contributed by atoms with Crippen molar-refractivity contribution < 1.29 is 0 Å². The number of nitrogens with zero attached hydrogens (tertiary/aromatic N) is 2. The lowest BCUT2D eigenvalue weighted by Crippen LogP contribution is -1.91. The number of nitrogen functional groups attached to an aromatic ring is 1. The highest BCUT2D eigenvalue weighted by atomic mass is 14.7. The largest absolute Gasteiger partial charge is 0.398 e. The Morgan fingerprint density at radius 2 is 1.74 bits per heavy atom. The summed E-state index contributed by atoms with van der Waals surface area (Å²) in [5, 5.41) is 3.14. The molecule has 0 radical (unpaired) electrons. The molecule has 2 heterocycles. The van der Waals surface area contributed by atoms with Crippen LogP contribution in [-0.2, 0) is 0 Å². The van der Waals surface area contributed by atoms with Crippen LogP contribution in [0.4, 0.5) is 5.69 Å². The van der Waals surface area contributed by atoms with Crippen molar-refractivity contribution in [3.63, 3.8) is 0 Å². The van der Waals surface area contributed by atoms with Crippen LogP contribution in [0.3, 0.4) is 0 Å². The first-order valence-electron chi connectivity index (χ1n) is 6.16. The molecule has 0 atom stereocenters. The lowest BCUT2D eigenvalue weighted by atomic mass is 10.1. The molecule has 0 bridgehead atoms. The fourth-order valence-corrected chi connectivity index (χ4v) is 2.49. The van der Waals surface area contributed by atoms with Crippen LogP contribution in [-0.4, -0.2) is 9.97 Å². The molecule has 0 spiro atoms. The molecular weight excluding hydrogens is 234 g/mol. The first-order chi connectivity index (χ1) is 9.33. The van der Waals surface area contributed by atoms with E-state index in [0.717, 1.165) is 38.4 Å². The molecule has 2 N–H and O–H groups in total. The SMILES string of the molecule is Nc1ccnc2c1ccc1nc3ccccc3cc12. The van der Waals surface area contributed by atoms with Crippen LogP contribution in [0.25, 0.3) is 32.7 Å². The lowest BCUT2D eigenvalue weighted by Gasteiger charge is -2.06. The summed E-state index contributed by atoms with van der Waals surface area (Å²) in [6.45, 7) is 0. The Kier molecular flexibility index (Phi) is 1.97. The van der Waals surface area contributed by atoms with Crippen LogP contribution >= 0.6 is 0 Å². The van der Waals surface area contributed by atoms with Crippen molar-refractivity contribution in [2.75, 3.05) is 5.73 Å². The van der Waals surface area contributed by atoms with E-state index in [9.17, 15) is 0 Å². The fourth-order valence-electron chi connectivity index (χ4n) is 2.49. The molecule has 0 fully saturated rings. The summed E-state index contributed by atoms with van der Waals surface area (Å²) in [7, 11) is 0. The third-order valence-electron chi connectivity index (χ3n) is 3.44. The molecule has 3 heteroatoms. The van der Waals surface area contributed by atoms with Gasteiger partial charge in [0.25, 0.3) is 0 Å². The highest BCUT2D eigenvalue weighted by Crippen LogP contribution is 2.28. The molecular formula is C16H11N3. The number of aromatic nitrogens is 2. The second-order valence-corrected chi connectivity index (χ2v) is 4.61. The van der Waals surface area contributed by atoms with Crippen molar-refractivity contribution in [2.45, 2.75) is 0 Å². The van der Waals surface area contributed by atoms with Crippen molar-refractivity contribution >= 4 is 38.4 Å². The quantitative estimate of drug-likeness (QED) is 0.381. The van der Waals surface area contributed by atoms with E-state index in [4.69, 9.17) is 5.73 Å². The highest BCUT2D eigenvalue weighted by Gasteiger charge is 2.06. The van der Waals surface area contributed by atoms with Crippen molar-refractivity contribution in [3.8, 4) is 0 Å². The monoisotopic (exact) mass is 245 g/mol. The summed E-state index contributed by atoms with van der Waals surface area (Å²) < 4.78 is 0. The number of pyridine rings is 2. The summed E-state index contributed by atoms with van der Waals surface area (Å²) >= 11 is 0. The maximum atomic E-state index is 6.00. The highest BCUT2D eigenvalue weighted by molar-refractivity contribution is 6.10. The molecule has 2 aromatic carbocycles. The molecule has 0 aliphatic carbocycles. The van der Waals surface area contributed by atoms with Gasteiger partial charge in [0.15, 0.2) is 0 Å². The summed E-state index contributed by atoms with van der Waals surface area (Å²) in [5.74, 6) is 0. The van der Waals surface area contributed by atoms with Crippen LogP contribution in [0.5, 0.6) is 0 Å². The minimum Gasteiger partial charge on any atom is -0.398 e. The first-order valence-corrected chi connectivity index (χ1v) is 6.16. The van der Waals surface area contributed by atoms with E-state index in [1.165, 1.54) is 0 Å². The van der Waals surface area contributed by atoms with Crippen molar-refractivity contribution in [1.29, 1.82) is 0 Å². The van der Waals surface area contributed by atoms with Gasteiger partial charge in [-0.25, -0.2) is 4.98 Å². The smallest absolute Gasteiger partial charge is 0.0816 e. The number of nitrogens with two attached hydrogens (primary N) is 1. The minimum absolute atomic E-state index is 0.750. The molecule has 0 amide bonds. The van der Waals surface area contributed by atoms with Gasteiger partial charge in [-0.05, 0) is 30.3 Å². The number of para-hydroxylation sites is 1. The normalized spacial score (nSPS) is 11.4. The molecule has 90 valence electrons. The zero-order valence-corrected chi connectivity index (χ0v) is 10.2. The molecule has 0 saturated carbocycles. The summed E-state index contributed by atoms with van der Waals surface area (Å²) in [5.41, 5.74) is 9.61. The van der Waals surface area contributed by atoms with Crippen LogP contribution in [0.15, 0.2) is 54.7 Å². The van der Waals surface area contributed by atoms with E-state index in [2.05, 4.69) is 22.1 Å². The van der Waals surface area contributed by atoms with E-state index in [1.807, 2.05) is 36.4 Å². The van der Waals surface area contributed by atoms with Gasteiger partial charge >= 0.3 is 0 Å². The van der Waals surface area contributed by atoms with Gasteiger partial charge in [-0.15, -0.1) is 0 Å². The lowest BCUT2D eigenvalue weighted by molar-refractivity contribution is 1.42. The van der Waals surface area contributed by atoms with Gasteiger partial charge < -0.3 is 5.73 Å². The topological polar surface area (TPSA) is 51.8 Å². The number of fused-ring (bicyclic) bond motifs is 4. The van der Waals surface area contributed by atoms with Gasteiger partial charge in [-0.3, -0.25) is 4.98 Å². The Morgan fingerprint density at radius 1 is 0.842 bits per heavy atom. The Labute approximate surface area is 109 Å². The summed E-state index contributed by atoms with van der Waals surface area (Å²) in [6, 6.07) is 16.0. The van der Waals surface area contributed by atoms with E-state index >= 15 is 0 Å². The molecule has 0 aliphatic heterocycles. The molecule has 2 aromatic heterocycles. The molecule has 3 nitrogen and oxygen atoms in total. The minimum atomic E-state index is 0.750. The van der Waals surface area contributed by atoms with Crippen LogP contribution in [0, 0.1) is 0 Å². The zero-order valence-electron chi connectivity index (χ0n) is 10.2. The number of anilines is 1. The second-order valence-electron chi connectivity index (χ2n) is 4.61. The van der Waals surface area contributed by atoms with Crippen molar-refractivity contribution in [2.24, 2.45) is 0 Å². The standard InChI is InChI=1S/C16H11N3/c17-13-7-8-18-16-11(13)5-6-15-12(16)9-10-3-1-2-4-14(10)19-15/h1-9H,(H2,17,18). The summed E-state index contributed by atoms with van der Waals surface area (Å²) in [6.07, 6.45) is 1.74. The van der Waals surface area contributed by atoms with E-state index < -0.39 is 0 Å².